The summed E-state index contributed by atoms with van der Waals surface area (Å²) in [6.45, 7) is 8.43. The molecule has 0 aliphatic heterocycles. The molecule has 0 fully saturated rings. The van der Waals surface area contributed by atoms with E-state index in [0.29, 0.717) is 12.5 Å². The van der Waals surface area contributed by atoms with E-state index in [2.05, 4.69) is 24.1 Å². The predicted molar refractivity (Wildman–Crippen MR) is 111 cm³/mol. The van der Waals surface area contributed by atoms with E-state index >= 15 is 0 Å². The van der Waals surface area contributed by atoms with Gasteiger partial charge in [-0.2, -0.15) is 0 Å². The highest BCUT2D eigenvalue weighted by Gasteiger charge is 2.17. The highest BCUT2D eigenvalue weighted by molar-refractivity contribution is 5.80. The topological polar surface area (TPSA) is 56.2 Å². The van der Waals surface area contributed by atoms with Crippen molar-refractivity contribution in [2.24, 2.45) is 0 Å². The molecule has 2 aromatic carbocycles. The summed E-state index contributed by atoms with van der Waals surface area (Å²) >= 11 is 0. The summed E-state index contributed by atoms with van der Waals surface area (Å²) in [6.07, 6.45) is 3.15. The van der Waals surface area contributed by atoms with E-state index in [1.165, 1.54) is 0 Å². The predicted octanol–water partition coefficient (Wildman–Crippen LogP) is 4.39. The van der Waals surface area contributed by atoms with Crippen molar-refractivity contribution in [2.75, 3.05) is 0 Å². The fraction of sp³-hybridized carbons (Fsp3) is 0.304. The van der Waals surface area contributed by atoms with Gasteiger partial charge in [0.1, 0.15) is 11.6 Å². The molecule has 0 aliphatic carbocycles. The van der Waals surface area contributed by atoms with Crippen LogP contribution >= 0.6 is 0 Å². The maximum atomic E-state index is 12.5. The molecular formula is C23H27N3O2. The first kappa shape index (κ1) is 19.7. The Labute approximate surface area is 166 Å². The first-order valence-electron chi connectivity index (χ1n) is 9.58. The molecule has 0 bridgehead atoms. The van der Waals surface area contributed by atoms with E-state index in [-0.39, 0.29) is 5.91 Å². The van der Waals surface area contributed by atoms with Crippen LogP contribution in [-0.2, 0) is 11.3 Å². The molecule has 0 radical (unpaired) electrons. The van der Waals surface area contributed by atoms with Crippen molar-refractivity contribution in [3.8, 4) is 11.4 Å². The Balaban J connectivity index is 1.57. The number of carbonyl (C=O) groups excluding carboxylic acids is 1. The molecule has 1 aromatic heterocycles. The molecule has 0 spiro atoms. The van der Waals surface area contributed by atoms with Crippen LogP contribution < -0.4 is 10.1 Å². The van der Waals surface area contributed by atoms with Gasteiger partial charge in [-0.1, -0.05) is 44.2 Å². The summed E-state index contributed by atoms with van der Waals surface area (Å²) in [5.74, 6) is 1.91. The first-order valence-corrected chi connectivity index (χ1v) is 9.58. The minimum absolute atomic E-state index is 0.131. The van der Waals surface area contributed by atoms with Gasteiger partial charge in [-0.25, -0.2) is 4.98 Å². The number of nitrogens with zero attached hydrogens (tertiary/aromatic N) is 2. The van der Waals surface area contributed by atoms with Gasteiger partial charge >= 0.3 is 0 Å². The van der Waals surface area contributed by atoms with Crippen LogP contribution in [0.5, 0.6) is 5.75 Å². The van der Waals surface area contributed by atoms with Crippen molar-refractivity contribution in [3.63, 3.8) is 0 Å². The number of imidazole rings is 1. The van der Waals surface area contributed by atoms with Crippen molar-refractivity contribution < 1.29 is 9.53 Å². The highest BCUT2D eigenvalue weighted by Crippen LogP contribution is 2.26. The van der Waals surface area contributed by atoms with Crippen LogP contribution in [0.3, 0.4) is 0 Å². The number of rotatable bonds is 7. The number of aromatic nitrogens is 2. The Morgan fingerprint density at radius 1 is 1.11 bits per heavy atom. The zero-order valence-electron chi connectivity index (χ0n) is 16.8. The lowest BCUT2D eigenvalue weighted by molar-refractivity contribution is -0.127. The highest BCUT2D eigenvalue weighted by atomic mass is 16.5. The van der Waals surface area contributed by atoms with Gasteiger partial charge in [0.2, 0.25) is 0 Å². The van der Waals surface area contributed by atoms with Gasteiger partial charge in [0.25, 0.3) is 5.91 Å². The van der Waals surface area contributed by atoms with Gasteiger partial charge in [-0.3, -0.25) is 4.79 Å². The number of amides is 1. The number of ether oxygens (including phenoxy) is 1. The molecular weight excluding hydrogens is 350 g/mol. The summed E-state index contributed by atoms with van der Waals surface area (Å²) in [5.41, 5.74) is 3.18. The maximum absolute atomic E-state index is 12.5. The molecule has 0 unspecified atom stereocenters. The molecule has 28 heavy (non-hydrogen) atoms. The molecule has 146 valence electrons. The van der Waals surface area contributed by atoms with E-state index in [4.69, 9.17) is 4.74 Å². The summed E-state index contributed by atoms with van der Waals surface area (Å²) in [5, 5.41) is 2.95. The van der Waals surface area contributed by atoms with E-state index in [1.807, 2.05) is 66.2 Å². The van der Waals surface area contributed by atoms with Gasteiger partial charge in [0, 0.05) is 24.6 Å². The third-order valence-corrected chi connectivity index (χ3v) is 4.72. The van der Waals surface area contributed by atoms with Crippen LogP contribution in [0.4, 0.5) is 0 Å². The lowest BCUT2D eigenvalue weighted by Gasteiger charge is -2.18. The third-order valence-electron chi connectivity index (χ3n) is 4.72. The second-order valence-corrected chi connectivity index (χ2v) is 7.18. The summed E-state index contributed by atoms with van der Waals surface area (Å²) in [6, 6.07) is 15.9. The van der Waals surface area contributed by atoms with E-state index < -0.39 is 6.10 Å². The Bertz CT molecular complexity index is 929. The number of nitrogens with one attached hydrogen (secondary N) is 1. The average molecular weight is 377 g/mol. The number of hydrogen-bond acceptors (Lipinski definition) is 3. The monoisotopic (exact) mass is 377 g/mol. The van der Waals surface area contributed by atoms with Crippen LogP contribution in [0, 0.1) is 6.92 Å². The molecule has 1 amide bonds. The Morgan fingerprint density at radius 2 is 1.82 bits per heavy atom. The fourth-order valence-electron chi connectivity index (χ4n) is 3.07. The van der Waals surface area contributed by atoms with E-state index in [0.717, 1.165) is 28.4 Å². The smallest absolute Gasteiger partial charge is 0.261 e. The van der Waals surface area contributed by atoms with Crippen LogP contribution in [0.25, 0.3) is 5.69 Å². The molecule has 5 nitrogen and oxygen atoms in total. The van der Waals surface area contributed by atoms with Crippen LogP contribution in [0.15, 0.2) is 60.9 Å². The summed E-state index contributed by atoms with van der Waals surface area (Å²) < 4.78 is 7.93. The first-order chi connectivity index (χ1) is 13.5. The van der Waals surface area contributed by atoms with E-state index in [1.54, 1.807) is 13.1 Å². The lowest BCUT2D eigenvalue weighted by atomic mass is 10.0. The quantitative estimate of drug-likeness (QED) is 0.664. The molecule has 0 saturated carbocycles. The number of hydrogen-bond donors (Lipinski definition) is 1. The SMILES string of the molecule is Cc1nccn1-c1ccc(CNC(=O)[C@H](C)Oc2ccccc2C(C)C)cc1. The second kappa shape index (κ2) is 8.74. The van der Waals surface area contributed by atoms with Crippen molar-refractivity contribution in [2.45, 2.75) is 46.3 Å². The second-order valence-electron chi connectivity index (χ2n) is 7.18. The minimum atomic E-state index is -0.562. The van der Waals surface area contributed by atoms with Crippen molar-refractivity contribution in [1.82, 2.24) is 14.9 Å². The molecule has 0 aliphatic rings. The zero-order chi connectivity index (χ0) is 20.1. The molecule has 5 heteroatoms. The molecule has 1 atom stereocenters. The van der Waals surface area contributed by atoms with Crippen LogP contribution in [-0.4, -0.2) is 21.6 Å². The normalized spacial score (nSPS) is 12.0. The van der Waals surface area contributed by atoms with E-state index in [9.17, 15) is 4.79 Å². The molecule has 3 aromatic rings. The molecule has 0 saturated heterocycles. The van der Waals surface area contributed by atoms with Gasteiger partial charge in [-0.15, -0.1) is 0 Å². The Kier molecular flexibility index (Phi) is 6.14. The number of carbonyl (C=O) groups is 1. The molecule has 1 heterocycles. The van der Waals surface area contributed by atoms with Gasteiger partial charge in [0.15, 0.2) is 6.10 Å². The minimum Gasteiger partial charge on any atom is -0.481 e. The Morgan fingerprint density at radius 3 is 2.46 bits per heavy atom. The lowest BCUT2D eigenvalue weighted by Crippen LogP contribution is -2.36. The Hall–Kier alpha value is -3.08. The standard InChI is InChI=1S/C23H27N3O2/c1-16(2)21-7-5-6-8-22(21)28-17(3)23(27)25-15-19-9-11-20(12-10-19)26-14-13-24-18(26)4/h5-14,16-17H,15H2,1-4H3,(H,25,27)/t17-/m0/s1. The fourth-order valence-corrected chi connectivity index (χ4v) is 3.07. The van der Waals surface area contributed by atoms with Crippen LogP contribution in [0.2, 0.25) is 0 Å². The van der Waals surface area contributed by atoms with Crippen molar-refractivity contribution in [1.29, 1.82) is 0 Å². The number of para-hydroxylation sites is 1. The van der Waals surface area contributed by atoms with Gasteiger partial charge in [-0.05, 0) is 49.1 Å². The maximum Gasteiger partial charge on any atom is 0.261 e. The van der Waals surface area contributed by atoms with Crippen molar-refractivity contribution >= 4 is 5.91 Å². The van der Waals surface area contributed by atoms with Crippen molar-refractivity contribution in [3.05, 3.63) is 77.9 Å². The number of aryl methyl sites for hydroxylation is 1. The van der Waals surface area contributed by atoms with Gasteiger partial charge < -0.3 is 14.6 Å². The van der Waals surface area contributed by atoms with Crippen LogP contribution in [0.1, 0.15) is 43.6 Å². The molecule has 1 N–H and O–H groups in total. The zero-order valence-corrected chi connectivity index (χ0v) is 16.8. The largest absolute Gasteiger partial charge is 0.481 e. The summed E-state index contributed by atoms with van der Waals surface area (Å²) in [4.78, 5) is 16.7. The molecule has 3 rings (SSSR count). The summed E-state index contributed by atoms with van der Waals surface area (Å²) in [7, 11) is 0. The van der Waals surface area contributed by atoms with Gasteiger partial charge in [0.05, 0.1) is 0 Å². The number of benzene rings is 2. The average Bonchev–Trinajstić information content (AvgIpc) is 3.12. The third kappa shape index (κ3) is 4.60.